The number of rotatable bonds is 8. The molecule has 2 aromatic carbocycles. The minimum absolute atomic E-state index is 0.0450. The summed E-state index contributed by atoms with van der Waals surface area (Å²) in [4.78, 5) is 12.6. The molecule has 28 heavy (non-hydrogen) atoms. The molecule has 0 aliphatic carbocycles. The first-order valence-corrected chi connectivity index (χ1v) is 10.9. The highest BCUT2D eigenvalue weighted by molar-refractivity contribution is 7.89. The maximum Gasteiger partial charge on any atom is 0.243 e. The molecule has 2 rings (SSSR count). The molecule has 7 heteroatoms. The van der Waals surface area contributed by atoms with Crippen LogP contribution in [0.15, 0.2) is 41.3 Å². The number of anilines is 2. The highest BCUT2D eigenvalue weighted by Gasteiger charge is 2.22. The Bertz CT molecular complexity index is 931. The predicted molar refractivity (Wildman–Crippen MR) is 114 cm³/mol. The van der Waals surface area contributed by atoms with Gasteiger partial charge in [0.05, 0.1) is 11.4 Å². The summed E-state index contributed by atoms with van der Waals surface area (Å²) in [6, 6.07) is 10.8. The normalized spacial score (nSPS) is 11.5. The van der Waals surface area contributed by atoms with E-state index in [0.29, 0.717) is 18.8 Å². The first-order valence-electron chi connectivity index (χ1n) is 9.41. The van der Waals surface area contributed by atoms with Gasteiger partial charge in [-0.25, -0.2) is 8.42 Å². The molecule has 2 aromatic rings. The third-order valence-corrected chi connectivity index (χ3v) is 6.78. The van der Waals surface area contributed by atoms with Crippen LogP contribution in [0.25, 0.3) is 0 Å². The number of hydrogen-bond donors (Lipinski definition) is 2. The van der Waals surface area contributed by atoms with Gasteiger partial charge in [-0.3, -0.25) is 4.79 Å². The van der Waals surface area contributed by atoms with Crippen LogP contribution < -0.4 is 10.6 Å². The average Bonchev–Trinajstić information content (AvgIpc) is 2.64. The Morgan fingerprint density at radius 1 is 0.964 bits per heavy atom. The zero-order valence-electron chi connectivity index (χ0n) is 17.2. The van der Waals surface area contributed by atoms with E-state index in [0.717, 1.165) is 22.4 Å². The van der Waals surface area contributed by atoms with E-state index in [2.05, 4.69) is 10.6 Å². The van der Waals surface area contributed by atoms with Crippen LogP contribution in [0.4, 0.5) is 11.4 Å². The Morgan fingerprint density at radius 3 is 2.14 bits per heavy atom. The Labute approximate surface area is 168 Å². The van der Waals surface area contributed by atoms with E-state index in [1.54, 1.807) is 18.2 Å². The molecule has 1 amide bonds. The average molecular weight is 404 g/mol. The molecule has 0 saturated heterocycles. The predicted octanol–water partition coefficient (Wildman–Crippen LogP) is 3.69. The molecule has 0 radical (unpaired) electrons. The Kier molecular flexibility index (Phi) is 7.21. The molecule has 0 atom stereocenters. The van der Waals surface area contributed by atoms with Crippen molar-refractivity contribution in [3.63, 3.8) is 0 Å². The van der Waals surface area contributed by atoms with Crippen molar-refractivity contribution in [2.45, 2.75) is 39.5 Å². The number of carbonyl (C=O) groups is 1. The van der Waals surface area contributed by atoms with Gasteiger partial charge in [0, 0.05) is 24.5 Å². The summed E-state index contributed by atoms with van der Waals surface area (Å²) < 4.78 is 26.9. The molecule has 2 N–H and O–H groups in total. The molecular formula is C21H29N3O3S. The van der Waals surface area contributed by atoms with Crippen LogP contribution in [0.2, 0.25) is 0 Å². The molecular weight excluding hydrogens is 374 g/mol. The summed E-state index contributed by atoms with van der Waals surface area (Å²) in [5.74, 6) is -0.186. The highest BCUT2D eigenvalue weighted by atomic mass is 32.2. The lowest BCUT2D eigenvalue weighted by atomic mass is 10.1. The summed E-state index contributed by atoms with van der Waals surface area (Å²) >= 11 is 0. The summed E-state index contributed by atoms with van der Waals surface area (Å²) in [6.07, 6.45) is 0. The second-order valence-corrected chi connectivity index (χ2v) is 8.67. The summed E-state index contributed by atoms with van der Waals surface area (Å²) in [5.41, 5.74) is 4.31. The first-order chi connectivity index (χ1) is 13.2. The van der Waals surface area contributed by atoms with Crippen molar-refractivity contribution in [1.29, 1.82) is 0 Å². The van der Waals surface area contributed by atoms with Crippen LogP contribution in [0.1, 0.15) is 30.5 Å². The van der Waals surface area contributed by atoms with Crippen molar-refractivity contribution in [1.82, 2.24) is 4.31 Å². The van der Waals surface area contributed by atoms with Crippen LogP contribution in [-0.2, 0) is 14.8 Å². The lowest BCUT2D eigenvalue weighted by molar-refractivity contribution is -0.114. The molecule has 0 spiro atoms. The maximum atomic E-state index is 12.7. The molecule has 0 heterocycles. The molecule has 0 bridgehead atoms. The fourth-order valence-corrected chi connectivity index (χ4v) is 4.52. The van der Waals surface area contributed by atoms with Gasteiger partial charge in [0.2, 0.25) is 15.9 Å². The van der Waals surface area contributed by atoms with Crippen LogP contribution >= 0.6 is 0 Å². The molecule has 0 fully saturated rings. The quantitative estimate of drug-likeness (QED) is 0.705. The van der Waals surface area contributed by atoms with Crippen LogP contribution in [0, 0.1) is 20.8 Å². The van der Waals surface area contributed by atoms with Crippen molar-refractivity contribution in [2.75, 3.05) is 30.3 Å². The fourth-order valence-electron chi connectivity index (χ4n) is 3.04. The zero-order valence-corrected chi connectivity index (χ0v) is 18.0. The lowest BCUT2D eigenvalue weighted by Crippen LogP contribution is -2.30. The topological polar surface area (TPSA) is 78.5 Å². The van der Waals surface area contributed by atoms with Gasteiger partial charge >= 0.3 is 0 Å². The third kappa shape index (κ3) is 4.91. The third-order valence-electron chi connectivity index (χ3n) is 4.74. The zero-order chi connectivity index (χ0) is 20.9. The van der Waals surface area contributed by atoms with E-state index in [1.165, 1.54) is 4.31 Å². The second-order valence-electron chi connectivity index (χ2n) is 6.73. The minimum atomic E-state index is -3.55. The van der Waals surface area contributed by atoms with Crippen molar-refractivity contribution in [2.24, 2.45) is 0 Å². The second kappa shape index (κ2) is 9.21. The van der Waals surface area contributed by atoms with E-state index in [4.69, 9.17) is 0 Å². The number of para-hydroxylation sites is 1. The van der Waals surface area contributed by atoms with Crippen molar-refractivity contribution >= 4 is 27.3 Å². The molecule has 0 aromatic heterocycles. The van der Waals surface area contributed by atoms with Gasteiger partial charge in [-0.1, -0.05) is 38.1 Å². The number of hydrogen-bond acceptors (Lipinski definition) is 4. The van der Waals surface area contributed by atoms with E-state index in [9.17, 15) is 13.2 Å². The van der Waals surface area contributed by atoms with Crippen molar-refractivity contribution in [3.05, 3.63) is 53.1 Å². The standard InChI is InChI=1S/C21H29N3O3S/c1-6-24(7-2)28(26,27)18-12-11-15(3)19(13-18)22-14-20(25)23-21-16(4)9-8-10-17(21)5/h8-13,22H,6-7,14H2,1-5H3,(H,23,25). The first kappa shape index (κ1) is 21.9. The van der Waals surface area contributed by atoms with E-state index < -0.39 is 10.0 Å². The number of carbonyl (C=O) groups excluding carboxylic acids is 1. The largest absolute Gasteiger partial charge is 0.376 e. The van der Waals surface area contributed by atoms with Gasteiger partial charge in [-0.2, -0.15) is 4.31 Å². The lowest BCUT2D eigenvalue weighted by Gasteiger charge is -2.19. The van der Waals surface area contributed by atoms with Gasteiger partial charge in [0.15, 0.2) is 0 Å². The maximum absolute atomic E-state index is 12.7. The van der Waals surface area contributed by atoms with Crippen LogP contribution in [-0.4, -0.2) is 38.3 Å². The van der Waals surface area contributed by atoms with E-state index >= 15 is 0 Å². The Balaban J connectivity index is 2.15. The molecule has 0 aliphatic heterocycles. The molecule has 6 nitrogen and oxygen atoms in total. The monoisotopic (exact) mass is 403 g/mol. The number of sulfonamides is 1. The Hall–Kier alpha value is -2.38. The number of nitrogens with one attached hydrogen (secondary N) is 2. The van der Waals surface area contributed by atoms with Crippen LogP contribution in [0.5, 0.6) is 0 Å². The SMILES string of the molecule is CCN(CC)S(=O)(=O)c1ccc(C)c(NCC(=O)Nc2c(C)cccc2C)c1. The molecule has 0 unspecified atom stereocenters. The molecule has 152 valence electrons. The highest BCUT2D eigenvalue weighted by Crippen LogP contribution is 2.23. The van der Waals surface area contributed by atoms with Crippen LogP contribution in [0.3, 0.4) is 0 Å². The number of benzene rings is 2. The fraction of sp³-hybridized carbons (Fsp3) is 0.381. The number of aryl methyl sites for hydroxylation is 3. The van der Waals surface area contributed by atoms with Gasteiger partial charge in [-0.05, 0) is 49.6 Å². The van der Waals surface area contributed by atoms with E-state index in [1.807, 2.05) is 52.8 Å². The summed E-state index contributed by atoms with van der Waals surface area (Å²) in [5, 5.41) is 5.99. The Morgan fingerprint density at radius 2 is 1.57 bits per heavy atom. The van der Waals surface area contributed by atoms with E-state index in [-0.39, 0.29) is 17.3 Å². The minimum Gasteiger partial charge on any atom is -0.376 e. The number of amides is 1. The molecule has 0 aliphatic rings. The van der Waals surface area contributed by atoms with Crippen molar-refractivity contribution in [3.8, 4) is 0 Å². The molecule has 0 saturated carbocycles. The van der Waals surface area contributed by atoms with Gasteiger partial charge < -0.3 is 10.6 Å². The van der Waals surface area contributed by atoms with Gasteiger partial charge in [0.25, 0.3) is 0 Å². The van der Waals surface area contributed by atoms with Gasteiger partial charge in [-0.15, -0.1) is 0 Å². The smallest absolute Gasteiger partial charge is 0.243 e. The van der Waals surface area contributed by atoms with Crippen molar-refractivity contribution < 1.29 is 13.2 Å². The summed E-state index contributed by atoms with van der Waals surface area (Å²) in [7, 11) is -3.55. The van der Waals surface area contributed by atoms with Gasteiger partial charge in [0.1, 0.15) is 0 Å². The number of nitrogens with zero attached hydrogens (tertiary/aromatic N) is 1. The summed E-state index contributed by atoms with van der Waals surface area (Å²) in [6.45, 7) is 10.3.